The molecule has 0 radical (unpaired) electrons. The Labute approximate surface area is 181 Å². The molecule has 6 heteroatoms. The van der Waals surface area contributed by atoms with Gasteiger partial charge in [-0.05, 0) is 80.8 Å². The van der Waals surface area contributed by atoms with Gasteiger partial charge in [-0.1, -0.05) is 17.7 Å². The van der Waals surface area contributed by atoms with Crippen molar-refractivity contribution in [1.82, 2.24) is 5.43 Å². The minimum absolute atomic E-state index is 0.0378. The van der Waals surface area contributed by atoms with E-state index in [-0.39, 0.29) is 11.3 Å². The first-order valence-electron chi connectivity index (χ1n) is 9.76. The summed E-state index contributed by atoms with van der Waals surface area (Å²) in [5, 5.41) is 5.51. The molecule has 0 unspecified atom stereocenters. The van der Waals surface area contributed by atoms with E-state index in [1.165, 1.54) is 16.8 Å². The molecule has 0 bridgehead atoms. The lowest BCUT2D eigenvalue weighted by Gasteiger charge is -2.41. The van der Waals surface area contributed by atoms with Crippen molar-refractivity contribution in [2.45, 2.75) is 33.2 Å². The number of furan rings is 1. The highest BCUT2D eigenvalue weighted by Crippen LogP contribution is 2.38. The number of benzene rings is 2. The van der Waals surface area contributed by atoms with Crippen molar-refractivity contribution < 1.29 is 9.21 Å². The molecule has 0 aliphatic carbocycles. The van der Waals surface area contributed by atoms with Gasteiger partial charge < -0.3 is 9.32 Å². The van der Waals surface area contributed by atoms with Gasteiger partial charge in [0.2, 0.25) is 0 Å². The number of carbonyl (C=O) groups excluding carboxylic acids is 1. The number of nitrogens with one attached hydrogen (secondary N) is 1. The minimum Gasteiger partial charge on any atom is -0.451 e. The van der Waals surface area contributed by atoms with E-state index in [0.717, 1.165) is 16.5 Å². The second-order valence-electron chi connectivity index (χ2n) is 8.26. The maximum Gasteiger partial charge on any atom is 0.307 e. The van der Waals surface area contributed by atoms with Crippen molar-refractivity contribution in [3.63, 3.8) is 0 Å². The number of nitrogens with zero attached hydrogens (tertiary/aromatic N) is 2. The van der Waals surface area contributed by atoms with Crippen molar-refractivity contribution in [2.75, 3.05) is 11.9 Å². The SMILES string of the molecule is CC1=CC(C)(C)N(C)c2cc(C)c(/C=N\NC(=O)c3cc4cc(Cl)ccc4o3)cc21. The number of carbonyl (C=O) groups is 1. The predicted octanol–water partition coefficient (Wildman–Crippen LogP) is 5.79. The Morgan fingerprint density at radius 3 is 2.73 bits per heavy atom. The highest BCUT2D eigenvalue weighted by molar-refractivity contribution is 6.31. The summed E-state index contributed by atoms with van der Waals surface area (Å²) in [5.41, 5.74) is 8.74. The molecule has 0 saturated carbocycles. The Morgan fingerprint density at radius 1 is 1.20 bits per heavy atom. The molecule has 0 saturated heterocycles. The molecule has 3 aromatic rings. The molecule has 0 fully saturated rings. The zero-order chi connectivity index (χ0) is 21.6. The van der Waals surface area contributed by atoms with Gasteiger partial charge in [-0.25, -0.2) is 5.43 Å². The van der Waals surface area contributed by atoms with Gasteiger partial charge >= 0.3 is 5.91 Å². The van der Waals surface area contributed by atoms with Crippen LogP contribution in [0, 0.1) is 6.92 Å². The maximum atomic E-state index is 12.4. The molecule has 0 atom stereocenters. The molecule has 1 aromatic heterocycles. The summed E-state index contributed by atoms with van der Waals surface area (Å²) in [6.07, 6.45) is 3.93. The van der Waals surface area contributed by atoms with E-state index < -0.39 is 5.91 Å². The Kier molecular flexibility index (Phi) is 4.94. The van der Waals surface area contributed by atoms with E-state index in [2.05, 4.69) is 61.5 Å². The molecule has 4 rings (SSSR count). The van der Waals surface area contributed by atoms with Gasteiger partial charge in [0, 0.05) is 28.7 Å². The van der Waals surface area contributed by atoms with E-state index in [4.69, 9.17) is 16.0 Å². The molecule has 1 N–H and O–H groups in total. The maximum absolute atomic E-state index is 12.4. The van der Waals surface area contributed by atoms with Crippen LogP contribution in [0.5, 0.6) is 0 Å². The second-order valence-corrected chi connectivity index (χ2v) is 8.69. The van der Waals surface area contributed by atoms with Crippen LogP contribution in [-0.4, -0.2) is 24.7 Å². The molecular formula is C24H24ClN3O2. The smallest absolute Gasteiger partial charge is 0.307 e. The van der Waals surface area contributed by atoms with Crippen LogP contribution in [0.3, 0.4) is 0 Å². The minimum atomic E-state index is -0.410. The molecule has 154 valence electrons. The van der Waals surface area contributed by atoms with Crippen LogP contribution < -0.4 is 10.3 Å². The van der Waals surface area contributed by atoms with Gasteiger partial charge in [0.25, 0.3) is 0 Å². The highest BCUT2D eigenvalue weighted by Gasteiger charge is 2.28. The summed E-state index contributed by atoms with van der Waals surface area (Å²) in [5.74, 6) is -0.221. The third-order valence-electron chi connectivity index (χ3n) is 5.68. The number of fused-ring (bicyclic) bond motifs is 2. The molecule has 1 aliphatic rings. The lowest BCUT2D eigenvalue weighted by molar-refractivity contribution is 0.0929. The summed E-state index contributed by atoms with van der Waals surface area (Å²) in [7, 11) is 2.11. The van der Waals surface area contributed by atoms with E-state index in [1.54, 1.807) is 30.5 Å². The largest absolute Gasteiger partial charge is 0.451 e. The Hall–Kier alpha value is -3.05. The first-order valence-corrected chi connectivity index (χ1v) is 10.1. The summed E-state index contributed by atoms with van der Waals surface area (Å²) in [6.45, 7) is 8.57. The summed E-state index contributed by atoms with van der Waals surface area (Å²) >= 11 is 5.99. The highest BCUT2D eigenvalue weighted by atomic mass is 35.5. The summed E-state index contributed by atoms with van der Waals surface area (Å²) < 4.78 is 5.57. The Bertz CT molecular complexity index is 1220. The van der Waals surface area contributed by atoms with Gasteiger partial charge in [0.05, 0.1) is 11.8 Å². The van der Waals surface area contributed by atoms with Crippen LogP contribution in [0.4, 0.5) is 5.69 Å². The predicted molar refractivity (Wildman–Crippen MR) is 124 cm³/mol. The van der Waals surface area contributed by atoms with E-state index in [0.29, 0.717) is 10.6 Å². The first-order chi connectivity index (χ1) is 14.2. The number of anilines is 1. The van der Waals surface area contributed by atoms with Crippen molar-refractivity contribution in [3.05, 3.63) is 69.9 Å². The summed E-state index contributed by atoms with van der Waals surface area (Å²) in [4.78, 5) is 14.7. The van der Waals surface area contributed by atoms with Crippen LogP contribution in [0.15, 0.2) is 52.0 Å². The monoisotopic (exact) mass is 421 g/mol. The number of amides is 1. The van der Waals surface area contributed by atoms with Crippen molar-refractivity contribution in [2.24, 2.45) is 5.10 Å². The quantitative estimate of drug-likeness (QED) is 0.430. The van der Waals surface area contributed by atoms with Gasteiger partial charge in [-0.2, -0.15) is 5.10 Å². The van der Waals surface area contributed by atoms with Crippen LogP contribution in [0.1, 0.15) is 48.0 Å². The fourth-order valence-electron chi connectivity index (χ4n) is 3.80. The molecular weight excluding hydrogens is 398 g/mol. The number of likely N-dealkylation sites (N-methyl/N-ethyl adjacent to an activating group) is 1. The number of halogens is 1. The van der Waals surface area contributed by atoms with E-state index in [1.807, 2.05) is 6.92 Å². The molecule has 1 amide bonds. The van der Waals surface area contributed by atoms with Crippen molar-refractivity contribution in [1.29, 1.82) is 0 Å². The lowest BCUT2D eigenvalue weighted by atomic mass is 9.87. The number of hydrazone groups is 1. The second kappa shape index (κ2) is 7.33. The third-order valence-corrected chi connectivity index (χ3v) is 5.91. The number of hydrogen-bond donors (Lipinski definition) is 1. The normalized spacial score (nSPS) is 15.4. The van der Waals surface area contributed by atoms with Gasteiger partial charge in [-0.15, -0.1) is 0 Å². The standard InChI is InChI=1S/C24H24ClN3O2/c1-14-8-20-19(15(2)12-24(3,4)28(20)5)10-17(14)13-26-27-23(29)22-11-16-9-18(25)6-7-21(16)30-22/h6-13H,1-5H3,(H,27,29)/b26-13-. The molecule has 0 spiro atoms. The van der Waals surface area contributed by atoms with E-state index >= 15 is 0 Å². The molecule has 30 heavy (non-hydrogen) atoms. The Balaban J connectivity index is 1.55. The Morgan fingerprint density at radius 2 is 1.97 bits per heavy atom. The van der Waals surface area contributed by atoms with Crippen LogP contribution >= 0.6 is 11.6 Å². The lowest BCUT2D eigenvalue weighted by Crippen LogP contribution is -2.42. The zero-order valence-corrected chi connectivity index (χ0v) is 18.5. The molecule has 1 aliphatic heterocycles. The molecule has 5 nitrogen and oxygen atoms in total. The topological polar surface area (TPSA) is 57.8 Å². The van der Waals surface area contributed by atoms with Crippen LogP contribution in [0.25, 0.3) is 16.5 Å². The number of allylic oxidation sites excluding steroid dienone is 1. The molecule has 2 aromatic carbocycles. The number of hydrogen-bond acceptors (Lipinski definition) is 4. The fourth-order valence-corrected chi connectivity index (χ4v) is 3.98. The number of rotatable bonds is 3. The average molecular weight is 422 g/mol. The average Bonchev–Trinajstić information content (AvgIpc) is 3.10. The van der Waals surface area contributed by atoms with Gasteiger partial charge in [-0.3, -0.25) is 4.79 Å². The van der Waals surface area contributed by atoms with Crippen molar-refractivity contribution >= 4 is 46.0 Å². The summed E-state index contributed by atoms with van der Waals surface area (Å²) in [6, 6.07) is 11.2. The van der Waals surface area contributed by atoms with Gasteiger partial charge in [0.15, 0.2) is 5.76 Å². The van der Waals surface area contributed by atoms with Crippen LogP contribution in [0.2, 0.25) is 5.02 Å². The fraction of sp³-hybridized carbons (Fsp3) is 0.250. The van der Waals surface area contributed by atoms with Gasteiger partial charge in [0.1, 0.15) is 5.58 Å². The van der Waals surface area contributed by atoms with E-state index in [9.17, 15) is 4.79 Å². The third kappa shape index (κ3) is 3.61. The van der Waals surface area contributed by atoms with Crippen molar-refractivity contribution in [3.8, 4) is 0 Å². The first kappa shape index (κ1) is 20.2. The molecule has 2 heterocycles. The van der Waals surface area contributed by atoms with Crippen LogP contribution in [-0.2, 0) is 0 Å². The zero-order valence-electron chi connectivity index (χ0n) is 17.7. The number of aryl methyl sites for hydroxylation is 1.